The molecule has 2 amide bonds. The quantitative estimate of drug-likeness (QED) is 0.134. The Balaban J connectivity index is 1.58. The predicted molar refractivity (Wildman–Crippen MR) is 185 cm³/mol. The first-order valence-corrected chi connectivity index (χ1v) is 17.6. The fraction of sp³-hybridized carbons (Fsp3) is 0.297. The first-order chi connectivity index (χ1) is 23.1. The molecular weight excluding hydrogens is 628 g/mol. The molecule has 0 aromatic heterocycles. The van der Waals surface area contributed by atoms with E-state index in [0.717, 1.165) is 59.2 Å². The number of hydrogen-bond acceptors (Lipinski definition) is 6. The van der Waals surface area contributed by atoms with E-state index in [4.69, 9.17) is 0 Å². The van der Waals surface area contributed by atoms with Gasteiger partial charge in [0.25, 0.3) is 15.7 Å². The summed E-state index contributed by atoms with van der Waals surface area (Å²) in [5.74, 6) is -0.929. The number of nitrogens with one attached hydrogen (secondary N) is 1. The van der Waals surface area contributed by atoms with Crippen LogP contribution in [0.3, 0.4) is 0 Å². The highest BCUT2D eigenvalue weighted by Crippen LogP contribution is 2.28. The Morgan fingerprint density at radius 1 is 0.854 bits per heavy atom. The van der Waals surface area contributed by atoms with Crippen LogP contribution in [-0.4, -0.2) is 48.7 Å². The summed E-state index contributed by atoms with van der Waals surface area (Å²) in [7, 11) is -4.37. The van der Waals surface area contributed by atoms with Gasteiger partial charge in [0.05, 0.1) is 15.5 Å². The summed E-state index contributed by atoms with van der Waals surface area (Å²) in [5, 5.41) is 14.9. The lowest BCUT2D eigenvalue weighted by Gasteiger charge is -2.35. The van der Waals surface area contributed by atoms with E-state index < -0.39 is 33.4 Å². The zero-order valence-corrected chi connectivity index (χ0v) is 27.7. The van der Waals surface area contributed by atoms with Gasteiger partial charge in [-0.3, -0.25) is 24.0 Å². The van der Waals surface area contributed by atoms with Crippen molar-refractivity contribution in [3.05, 3.63) is 136 Å². The number of carbonyl (C=O) groups excluding carboxylic acids is 2. The molecule has 0 radical (unpaired) electrons. The second kappa shape index (κ2) is 15.7. The number of anilines is 1. The molecule has 0 spiro atoms. The molecule has 1 atom stereocenters. The maximum Gasteiger partial charge on any atom is 0.271 e. The van der Waals surface area contributed by atoms with E-state index in [2.05, 4.69) is 5.32 Å². The van der Waals surface area contributed by atoms with Gasteiger partial charge < -0.3 is 10.2 Å². The highest BCUT2D eigenvalue weighted by molar-refractivity contribution is 7.92. The number of benzene rings is 4. The van der Waals surface area contributed by atoms with E-state index in [1.54, 1.807) is 18.2 Å². The van der Waals surface area contributed by atoms with Gasteiger partial charge in [-0.25, -0.2) is 8.42 Å². The van der Waals surface area contributed by atoms with Crippen molar-refractivity contribution in [3.63, 3.8) is 0 Å². The standard InChI is InChI=1S/C37H40N4O6S/c1-28-13-11-16-30(23-28)26-39(35(24-29-14-5-2-6-15-29)37(43)38-31-17-7-3-8-18-31)36(42)27-40(32-19-12-20-33(25-32)41(44)45)48(46,47)34-21-9-4-10-22-34/h2,4-6,9-16,19-23,25,31,35H,3,7-8,17-18,24,26-27H2,1H3,(H,38,43). The second-order valence-corrected chi connectivity index (χ2v) is 14.0. The first kappa shape index (κ1) is 34.3. The van der Waals surface area contributed by atoms with Crippen LogP contribution < -0.4 is 9.62 Å². The summed E-state index contributed by atoms with van der Waals surface area (Å²) in [5.41, 5.74) is 2.23. The molecule has 1 fully saturated rings. The maximum absolute atomic E-state index is 14.6. The molecule has 48 heavy (non-hydrogen) atoms. The predicted octanol–water partition coefficient (Wildman–Crippen LogP) is 6.19. The number of non-ortho nitro benzene ring substituents is 1. The molecule has 0 saturated heterocycles. The van der Waals surface area contributed by atoms with Crippen LogP contribution in [0, 0.1) is 17.0 Å². The smallest absolute Gasteiger partial charge is 0.271 e. The van der Waals surface area contributed by atoms with Gasteiger partial charge in [0, 0.05) is 31.1 Å². The van der Waals surface area contributed by atoms with Gasteiger partial charge in [-0.05, 0) is 49.1 Å². The molecule has 1 saturated carbocycles. The van der Waals surface area contributed by atoms with Crippen molar-refractivity contribution in [2.45, 2.75) is 69.0 Å². The summed E-state index contributed by atoms with van der Waals surface area (Å²) in [6.45, 7) is 1.29. The van der Waals surface area contributed by atoms with E-state index in [1.807, 2.05) is 61.5 Å². The maximum atomic E-state index is 14.6. The Hall–Kier alpha value is -5.03. The molecule has 11 heteroatoms. The third-order valence-electron chi connectivity index (χ3n) is 8.60. The molecule has 0 bridgehead atoms. The van der Waals surface area contributed by atoms with Crippen LogP contribution in [0.2, 0.25) is 0 Å². The molecule has 10 nitrogen and oxygen atoms in total. The highest BCUT2D eigenvalue weighted by Gasteiger charge is 2.35. The fourth-order valence-corrected chi connectivity index (χ4v) is 7.54. The molecule has 0 heterocycles. The lowest BCUT2D eigenvalue weighted by Crippen LogP contribution is -2.55. The fourth-order valence-electron chi connectivity index (χ4n) is 6.12. The van der Waals surface area contributed by atoms with Crippen molar-refractivity contribution in [3.8, 4) is 0 Å². The Morgan fingerprint density at radius 2 is 1.50 bits per heavy atom. The normalized spacial score (nSPS) is 14.1. The molecular formula is C37H40N4O6S. The Kier molecular flexibility index (Phi) is 11.2. The summed E-state index contributed by atoms with van der Waals surface area (Å²) in [6.07, 6.45) is 5.04. The van der Waals surface area contributed by atoms with Crippen LogP contribution in [0.5, 0.6) is 0 Å². The monoisotopic (exact) mass is 668 g/mol. The van der Waals surface area contributed by atoms with Crippen molar-refractivity contribution < 1.29 is 22.9 Å². The van der Waals surface area contributed by atoms with Crippen molar-refractivity contribution in [1.82, 2.24) is 10.2 Å². The summed E-state index contributed by atoms with van der Waals surface area (Å²) >= 11 is 0. The number of rotatable bonds is 13. The molecule has 1 N–H and O–H groups in total. The van der Waals surface area contributed by atoms with Crippen molar-refractivity contribution in [1.29, 1.82) is 0 Å². The lowest BCUT2D eigenvalue weighted by atomic mass is 9.94. The van der Waals surface area contributed by atoms with Gasteiger partial charge in [-0.15, -0.1) is 0 Å². The summed E-state index contributed by atoms with van der Waals surface area (Å²) in [4.78, 5) is 41.3. The average Bonchev–Trinajstić information content (AvgIpc) is 3.10. The Labute approximate surface area is 281 Å². The van der Waals surface area contributed by atoms with Crippen LogP contribution in [-0.2, 0) is 32.6 Å². The molecule has 1 aliphatic carbocycles. The van der Waals surface area contributed by atoms with Crippen molar-refractivity contribution in [2.75, 3.05) is 10.8 Å². The molecule has 5 rings (SSSR count). The van der Waals surface area contributed by atoms with Gasteiger partial charge in [-0.1, -0.05) is 104 Å². The van der Waals surface area contributed by atoms with Crippen LogP contribution in [0.25, 0.3) is 0 Å². The van der Waals surface area contributed by atoms with Gasteiger partial charge >= 0.3 is 0 Å². The van der Waals surface area contributed by atoms with Gasteiger partial charge in [0.1, 0.15) is 12.6 Å². The summed E-state index contributed by atoms with van der Waals surface area (Å²) < 4.78 is 29.2. The topological polar surface area (TPSA) is 130 Å². The first-order valence-electron chi connectivity index (χ1n) is 16.1. The zero-order chi connectivity index (χ0) is 34.1. The Bertz CT molecular complexity index is 1830. The van der Waals surface area contributed by atoms with Gasteiger partial charge in [0.2, 0.25) is 11.8 Å². The van der Waals surface area contributed by atoms with E-state index in [1.165, 1.54) is 35.2 Å². The van der Waals surface area contributed by atoms with Crippen molar-refractivity contribution >= 4 is 33.2 Å². The van der Waals surface area contributed by atoms with Crippen LogP contribution in [0.4, 0.5) is 11.4 Å². The SMILES string of the molecule is Cc1cccc(CN(C(=O)CN(c2cccc([N+](=O)[O-])c2)S(=O)(=O)c2ccccc2)C(Cc2ccccc2)C(=O)NC2CCCCC2)c1. The lowest BCUT2D eigenvalue weighted by molar-refractivity contribution is -0.384. The number of nitrogens with zero attached hydrogens (tertiary/aromatic N) is 3. The van der Waals surface area contributed by atoms with E-state index in [9.17, 15) is 28.1 Å². The molecule has 1 unspecified atom stereocenters. The minimum Gasteiger partial charge on any atom is -0.352 e. The number of nitro groups is 1. The van der Waals surface area contributed by atoms with E-state index in [0.29, 0.717) is 0 Å². The van der Waals surface area contributed by atoms with E-state index in [-0.39, 0.29) is 41.2 Å². The van der Waals surface area contributed by atoms with Gasteiger partial charge in [-0.2, -0.15) is 0 Å². The van der Waals surface area contributed by atoms with Crippen LogP contribution in [0.15, 0.2) is 114 Å². The number of aryl methyl sites for hydroxylation is 1. The molecule has 1 aliphatic rings. The molecule has 250 valence electrons. The summed E-state index contributed by atoms with van der Waals surface area (Å²) in [6, 6.07) is 28.8. The zero-order valence-electron chi connectivity index (χ0n) is 26.9. The van der Waals surface area contributed by atoms with E-state index >= 15 is 0 Å². The second-order valence-electron chi connectivity index (χ2n) is 12.2. The average molecular weight is 669 g/mol. The van der Waals surface area contributed by atoms with Crippen molar-refractivity contribution in [2.24, 2.45) is 0 Å². The largest absolute Gasteiger partial charge is 0.352 e. The van der Waals surface area contributed by atoms with Crippen LogP contribution in [0.1, 0.15) is 48.8 Å². The number of sulfonamides is 1. The van der Waals surface area contributed by atoms with Gasteiger partial charge in [0.15, 0.2) is 0 Å². The third-order valence-corrected chi connectivity index (χ3v) is 10.4. The molecule has 4 aromatic carbocycles. The Morgan fingerprint density at radius 3 is 2.17 bits per heavy atom. The highest BCUT2D eigenvalue weighted by atomic mass is 32.2. The van der Waals surface area contributed by atoms with Crippen LogP contribution >= 0.6 is 0 Å². The molecule has 0 aliphatic heterocycles. The number of hydrogen-bond donors (Lipinski definition) is 1. The number of nitro benzene ring substituents is 1. The minimum atomic E-state index is -4.37. The minimum absolute atomic E-state index is 0.0136. The number of carbonyl (C=O) groups is 2. The number of amides is 2. The molecule has 4 aromatic rings. The third kappa shape index (κ3) is 8.65.